The van der Waals surface area contributed by atoms with Crippen molar-refractivity contribution >= 4 is 5.91 Å². The minimum absolute atomic E-state index is 0.244. The Balaban J connectivity index is 2.72. The van der Waals surface area contributed by atoms with Crippen molar-refractivity contribution in [3.63, 3.8) is 0 Å². The topological polar surface area (TPSA) is 55.6 Å². The van der Waals surface area contributed by atoms with E-state index in [4.69, 9.17) is 10.5 Å². The van der Waals surface area contributed by atoms with Crippen LogP contribution in [0, 0.1) is 11.3 Å². The van der Waals surface area contributed by atoms with Crippen LogP contribution in [0.15, 0.2) is 0 Å². The number of rotatable bonds is 7. The molecule has 0 bridgehead atoms. The number of carbonyl (C=O) groups excluding carboxylic acids is 1. The van der Waals surface area contributed by atoms with Gasteiger partial charge in [0.25, 0.3) is 0 Å². The highest BCUT2D eigenvalue weighted by atomic mass is 16.5. The fourth-order valence-electron chi connectivity index (χ4n) is 2.81. The van der Waals surface area contributed by atoms with E-state index in [1.54, 1.807) is 7.11 Å². The van der Waals surface area contributed by atoms with Crippen LogP contribution in [0.2, 0.25) is 0 Å². The van der Waals surface area contributed by atoms with Gasteiger partial charge in [-0.1, -0.05) is 26.7 Å². The minimum Gasteiger partial charge on any atom is -0.383 e. The molecule has 0 unspecified atom stereocenters. The first-order valence-corrected chi connectivity index (χ1v) is 7.04. The summed E-state index contributed by atoms with van der Waals surface area (Å²) in [5, 5.41) is 0. The molecule has 0 radical (unpaired) electrons. The molecule has 0 aromatic heterocycles. The Morgan fingerprint density at radius 3 is 2.44 bits per heavy atom. The standard InChI is InChI=1S/C14H28N2O2/c1-12(2)10-16(8-9-18-3)13(17)14(11-15)6-4-5-7-14/h12H,4-11,15H2,1-3H3. The van der Waals surface area contributed by atoms with Gasteiger partial charge in [-0.05, 0) is 18.8 Å². The molecule has 1 aliphatic rings. The molecule has 2 N–H and O–H groups in total. The normalized spacial score (nSPS) is 18.3. The largest absolute Gasteiger partial charge is 0.383 e. The molecule has 1 saturated carbocycles. The van der Waals surface area contributed by atoms with E-state index in [0.717, 1.165) is 32.2 Å². The molecule has 0 aromatic carbocycles. The highest BCUT2D eigenvalue weighted by Crippen LogP contribution is 2.38. The molecule has 4 heteroatoms. The van der Waals surface area contributed by atoms with Gasteiger partial charge >= 0.3 is 0 Å². The van der Waals surface area contributed by atoms with Crippen LogP contribution in [-0.4, -0.2) is 44.2 Å². The van der Waals surface area contributed by atoms with Gasteiger partial charge in [0, 0.05) is 26.7 Å². The molecule has 18 heavy (non-hydrogen) atoms. The third-order valence-electron chi connectivity index (χ3n) is 3.84. The Bertz CT molecular complexity index is 261. The van der Waals surface area contributed by atoms with Crippen LogP contribution >= 0.6 is 0 Å². The van der Waals surface area contributed by atoms with Crippen LogP contribution in [-0.2, 0) is 9.53 Å². The lowest BCUT2D eigenvalue weighted by Gasteiger charge is -2.34. The van der Waals surface area contributed by atoms with E-state index in [-0.39, 0.29) is 11.3 Å². The summed E-state index contributed by atoms with van der Waals surface area (Å²) in [5.74, 6) is 0.718. The summed E-state index contributed by atoms with van der Waals surface area (Å²) in [6.07, 6.45) is 4.15. The van der Waals surface area contributed by atoms with Crippen molar-refractivity contribution in [3.05, 3.63) is 0 Å². The van der Waals surface area contributed by atoms with Crippen molar-refractivity contribution in [1.29, 1.82) is 0 Å². The zero-order valence-corrected chi connectivity index (χ0v) is 12.1. The zero-order valence-electron chi connectivity index (χ0n) is 12.1. The quantitative estimate of drug-likeness (QED) is 0.753. The summed E-state index contributed by atoms with van der Waals surface area (Å²) in [6, 6.07) is 0. The number of hydrogen-bond acceptors (Lipinski definition) is 3. The monoisotopic (exact) mass is 256 g/mol. The highest BCUT2D eigenvalue weighted by Gasteiger charge is 2.42. The number of amides is 1. The third kappa shape index (κ3) is 3.69. The van der Waals surface area contributed by atoms with E-state index in [1.807, 2.05) is 4.90 Å². The van der Waals surface area contributed by atoms with Crippen LogP contribution in [0.25, 0.3) is 0 Å². The van der Waals surface area contributed by atoms with Crippen LogP contribution in [0.3, 0.4) is 0 Å². The van der Waals surface area contributed by atoms with Gasteiger partial charge in [-0.25, -0.2) is 0 Å². The molecule has 0 saturated heterocycles. The molecule has 0 spiro atoms. The van der Waals surface area contributed by atoms with Gasteiger partial charge in [-0.15, -0.1) is 0 Å². The fraction of sp³-hybridized carbons (Fsp3) is 0.929. The Labute approximate surface area is 111 Å². The molecule has 0 aromatic rings. The summed E-state index contributed by atoms with van der Waals surface area (Å²) >= 11 is 0. The fourth-order valence-corrected chi connectivity index (χ4v) is 2.81. The van der Waals surface area contributed by atoms with Gasteiger partial charge in [0.2, 0.25) is 5.91 Å². The third-order valence-corrected chi connectivity index (χ3v) is 3.84. The first-order chi connectivity index (χ1) is 8.55. The summed E-state index contributed by atoms with van der Waals surface area (Å²) in [4.78, 5) is 14.7. The Morgan fingerprint density at radius 2 is 2.00 bits per heavy atom. The van der Waals surface area contributed by atoms with Crippen molar-refractivity contribution in [2.75, 3.05) is 33.4 Å². The van der Waals surface area contributed by atoms with Crippen LogP contribution in [0.4, 0.5) is 0 Å². The van der Waals surface area contributed by atoms with Crippen LogP contribution < -0.4 is 5.73 Å². The second-order valence-corrected chi connectivity index (χ2v) is 5.83. The van der Waals surface area contributed by atoms with E-state index < -0.39 is 0 Å². The molecule has 0 atom stereocenters. The van der Waals surface area contributed by atoms with Crippen molar-refractivity contribution < 1.29 is 9.53 Å². The average Bonchev–Trinajstić information content (AvgIpc) is 2.83. The number of carbonyl (C=O) groups is 1. The lowest BCUT2D eigenvalue weighted by Crippen LogP contribution is -2.48. The highest BCUT2D eigenvalue weighted by molar-refractivity contribution is 5.83. The molecular weight excluding hydrogens is 228 g/mol. The van der Waals surface area contributed by atoms with Gasteiger partial charge in [0.1, 0.15) is 0 Å². The maximum Gasteiger partial charge on any atom is 0.230 e. The molecule has 1 fully saturated rings. The van der Waals surface area contributed by atoms with E-state index >= 15 is 0 Å². The van der Waals surface area contributed by atoms with Crippen molar-refractivity contribution in [1.82, 2.24) is 4.90 Å². The summed E-state index contributed by atoms with van der Waals surface area (Å²) < 4.78 is 5.11. The predicted molar refractivity (Wildman–Crippen MR) is 73.2 cm³/mol. The molecule has 0 aliphatic heterocycles. The Kier molecular flexibility index (Phi) is 6.09. The minimum atomic E-state index is -0.289. The van der Waals surface area contributed by atoms with Crippen LogP contribution in [0.1, 0.15) is 39.5 Å². The first-order valence-electron chi connectivity index (χ1n) is 7.04. The number of nitrogens with two attached hydrogens (primary N) is 1. The second-order valence-electron chi connectivity index (χ2n) is 5.83. The predicted octanol–water partition coefficient (Wildman–Crippen LogP) is 1.64. The molecule has 1 aliphatic carbocycles. The second kappa shape index (κ2) is 7.10. The molecule has 106 valence electrons. The molecule has 0 heterocycles. The van der Waals surface area contributed by atoms with E-state index in [9.17, 15) is 4.79 Å². The smallest absolute Gasteiger partial charge is 0.230 e. The first kappa shape index (κ1) is 15.4. The maximum atomic E-state index is 12.7. The Morgan fingerprint density at radius 1 is 1.39 bits per heavy atom. The lowest BCUT2D eigenvalue weighted by atomic mass is 9.84. The zero-order chi connectivity index (χ0) is 13.6. The summed E-state index contributed by atoms with van der Waals surface area (Å²) in [6.45, 7) is 6.82. The SMILES string of the molecule is COCCN(CC(C)C)C(=O)C1(CN)CCCC1. The van der Waals surface area contributed by atoms with Crippen molar-refractivity contribution in [2.45, 2.75) is 39.5 Å². The summed E-state index contributed by atoms with van der Waals surface area (Å²) in [7, 11) is 1.67. The number of hydrogen-bond donors (Lipinski definition) is 1. The molecule has 1 rings (SSSR count). The maximum absolute atomic E-state index is 12.7. The number of nitrogens with zero attached hydrogens (tertiary/aromatic N) is 1. The van der Waals surface area contributed by atoms with E-state index in [1.165, 1.54) is 0 Å². The van der Waals surface area contributed by atoms with Crippen LogP contribution in [0.5, 0.6) is 0 Å². The number of methoxy groups -OCH3 is 1. The van der Waals surface area contributed by atoms with Gasteiger partial charge < -0.3 is 15.4 Å². The van der Waals surface area contributed by atoms with E-state index in [0.29, 0.717) is 25.6 Å². The summed E-state index contributed by atoms with van der Waals surface area (Å²) in [5.41, 5.74) is 5.60. The molecule has 1 amide bonds. The average molecular weight is 256 g/mol. The lowest BCUT2D eigenvalue weighted by molar-refractivity contribution is -0.142. The Hall–Kier alpha value is -0.610. The van der Waals surface area contributed by atoms with Gasteiger partial charge in [0.15, 0.2) is 0 Å². The molecule has 4 nitrogen and oxygen atoms in total. The van der Waals surface area contributed by atoms with Crippen molar-refractivity contribution in [2.24, 2.45) is 17.1 Å². The van der Waals surface area contributed by atoms with Gasteiger partial charge in [-0.2, -0.15) is 0 Å². The van der Waals surface area contributed by atoms with Gasteiger partial charge in [0.05, 0.1) is 12.0 Å². The molecular formula is C14H28N2O2. The number of ether oxygens (including phenoxy) is 1. The van der Waals surface area contributed by atoms with Gasteiger partial charge in [-0.3, -0.25) is 4.79 Å². The van der Waals surface area contributed by atoms with Crippen molar-refractivity contribution in [3.8, 4) is 0 Å². The van der Waals surface area contributed by atoms with E-state index in [2.05, 4.69) is 13.8 Å².